The van der Waals surface area contributed by atoms with Crippen LogP contribution in [0.2, 0.25) is 0 Å². The van der Waals surface area contributed by atoms with E-state index in [0.29, 0.717) is 5.69 Å². The minimum absolute atomic E-state index is 0.158. The zero-order valence-electron chi connectivity index (χ0n) is 9.84. The van der Waals surface area contributed by atoms with Crippen LogP contribution in [0.1, 0.15) is 20.7 Å². The molecule has 1 rings (SSSR count). The highest BCUT2D eigenvalue weighted by atomic mass is 16.5. The van der Waals surface area contributed by atoms with E-state index in [1.54, 1.807) is 5.48 Å². The molecule has 0 heterocycles. The van der Waals surface area contributed by atoms with E-state index in [-0.39, 0.29) is 11.1 Å². The number of rotatable bonds is 4. The predicted molar refractivity (Wildman–Crippen MR) is 62.2 cm³/mol. The van der Waals surface area contributed by atoms with Crippen molar-refractivity contribution in [2.24, 2.45) is 4.99 Å². The van der Waals surface area contributed by atoms with E-state index in [0.717, 1.165) is 6.34 Å². The Labute approximate surface area is 103 Å². The third-order valence-electron chi connectivity index (χ3n) is 2.03. The van der Waals surface area contributed by atoms with Crippen LogP contribution >= 0.6 is 0 Å². The maximum absolute atomic E-state index is 11.4. The van der Waals surface area contributed by atoms with Gasteiger partial charge in [-0.2, -0.15) is 0 Å². The first kappa shape index (κ1) is 13.7. The molecule has 18 heavy (non-hydrogen) atoms. The predicted octanol–water partition coefficient (Wildman–Crippen LogP) is 0.898. The van der Waals surface area contributed by atoms with Crippen molar-refractivity contribution in [2.45, 2.75) is 0 Å². The molecule has 0 aliphatic rings. The monoisotopic (exact) mass is 252 g/mol. The lowest BCUT2D eigenvalue weighted by molar-refractivity contribution is 0.0599. The standard InChI is InChI=1S/C11H12N2O5/c1-17-10(14)7-3-8(11(15)18-2)5-9(4-7)12-6-13-16/h3-6,16H,1-2H3,(H,12,13). The highest BCUT2D eigenvalue weighted by Gasteiger charge is 2.13. The van der Waals surface area contributed by atoms with Crippen LogP contribution in [0, 0.1) is 0 Å². The lowest BCUT2D eigenvalue weighted by Gasteiger charge is -2.04. The van der Waals surface area contributed by atoms with Crippen molar-refractivity contribution in [3.63, 3.8) is 0 Å². The molecule has 0 fully saturated rings. The van der Waals surface area contributed by atoms with Gasteiger partial charge in [0, 0.05) is 0 Å². The highest BCUT2D eigenvalue weighted by molar-refractivity contribution is 5.96. The fourth-order valence-corrected chi connectivity index (χ4v) is 1.26. The van der Waals surface area contributed by atoms with Gasteiger partial charge in [-0.25, -0.2) is 14.6 Å². The van der Waals surface area contributed by atoms with Gasteiger partial charge < -0.3 is 9.47 Å². The fraction of sp³-hybridized carbons (Fsp3) is 0.182. The molecular weight excluding hydrogens is 240 g/mol. The van der Waals surface area contributed by atoms with E-state index >= 15 is 0 Å². The maximum Gasteiger partial charge on any atom is 0.337 e. The van der Waals surface area contributed by atoms with E-state index in [1.807, 2.05) is 0 Å². The highest BCUT2D eigenvalue weighted by Crippen LogP contribution is 2.19. The second kappa shape index (κ2) is 6.36. The van der Waals surface area contributed by atoms with Gasteiger partial charge in [-0.3, -0.25) is 10.7 Å². The number of esters is 2. The second-order valence-corrected chi connectivity index (χ2v) is 3.14. The second-order valence-electron chi connectivity index (χ2n) is 3.14. The maximum atomic E-state index is 11.4. The third kappa shape index (κ3) is 3.29. The molecule has 0 saturated carbocycles. The zero-order chi connectivity index (χ0) is 13.5. The van der Waals surface area contributed by atoms with Crippen LogP contribution in [0.4, 0.5) is 5.69 Å². The summed E-state index contributed by atoms with van der Waals surface area (Å²) in [4.78, 5) is 26.6. The molecule has 0 aromatic heterocycles. The number of nitrogens with one attached hydrogen (secondary N) is 1. The first-order valence-electron chi connectivity index (χ1n) is 4.86. The molecule has 0 spiro atoms. The molecule has 7 nitrogen and oxygen atoms in total. The van der Waals surface area contributed by atoms with Crippen LogP contribution in [-0.2, 0) is 9.47 Å². The zero-order valence-corrected chi connectivity index (χ0v) is 9.84. The number of nitrogens with zero attached hydrogens (tertiary/aromatic N) is 1. The summed E-state index contributed by atoms with van der Waals surface area (Å²) in [5, 5.41) is 8.39. The minimum atomic E-state index is -0.603. The van der Waals surface area contributed by atoms with Gasteiger partial charge in [-0.15, -0.1) is 0 Å². The van der Waals surface area contributed by atoms with Crippen molar-refractivity contribution < 1.29 is 24.3 Å². The summed E-state index contributed by atoms with van der Waals surface area (Å²) in [6.45, 7) is 0. The van der Waals surface area contributed by atoms with Crippen LogP contribution in [0.15, 0.2) is 23.2 Å². The summed E-state index contributed by atoms with van der Waals surface area (Å²) in [5.74, 6) is -1.21. The van der Waals surface area contributed by atoms with Crippen LogP contribution < -0.4 is 5.48 Å². The number of carbonyl (C=O) groups excluding carboxylic acids is 2. The molecule has 1 aromatic carbocycles. The number of methoxy groups -OCH3 is 2. The van der Waals surface area contributed by atoms with Crippen LogP contribution in [-0.4, -0.2) is 37.7 Å². The average molecular weight is 252 g/mol. The molecule has 0 aliphatic carbocycles. The Morgan fingerprint density at radius 1 is 1.17 bits per heavy atom. The summed E-state index contributed by atoms with van der Waals surface area (Å²) in [6, 6.07) is 4.15. The quantitative estimate of drug-likeness (QED) is 0.357. The molecule has 0 atom stereocenters. The van der Waals surface area contributed by atoms with Gasteiger partial charge in [0.05, 0.1) is 31.0 Å². The topological polar surface area (TPSA) is 97.2 Å². The van der Waals surface area contributed by atoms with Gasteiger partial charge in [0.1, 0.15) is 6.34 Å². The Kier molecular flexibility index (Phi) is 4.82. The van der Waals surface area contributed by atoms with E-state index in [1.165, 1.54) is 32.4 Å². The van der Waals surface area contributed by atoms with E-state index in [2.05, 4.69) is 14.5 Å². The van der Waals surface area contributed by atoms with Gasteiger partial charge in [-0.05, 0) is 18.2 Å². The molecule has 0 aliphatic heterocycles. The Hall–Kier alpha value is -2.41. The Morgan fingerprint density at radius 2 is 1.67 bits per heavy atom. The van der Waals surface area contributed by atoms with Gasteiger partial charge >= 0.3 is 11.9 Å². The summed E-state index contributed by atoms with van der Waals surface area (Å²) >= 11 is 0. The van der Waals surface area contributed by atoms with Gasteiger partial charge in [-0.1, -0.05) is 0 Å². The largest absolute Gasteiger partial charge is 0.465 e. The van der Waals surface area contributed by atoms with Crippen LogP contribution in [0.25, 0.3) is 0 Å². The van der Waals surface area contributed by atoms with Gasteiger partial charge in [0.2, 0.25) is 0 Å². The molecular formula is C11H12N2O5. The normalized spacial score (nSPS) is 10.2. The number of carbonyl (C=O) groups is 2. The summed E-state index contributed by atoms with van der Waals surface area (Å²) in [5.41, 5.74) is 2.32. The molecule has 0 unspecified atom stereocenters. The smallest absolute Gasteiger partial charge is 0.337 e. The van der Waals surface area contributed by atoms with Crippen LogP contribution in [0.5, 0.6) is 0 Å². The summed E-state index contributed by atoms with van der Waals surface area (Å²) in [6.07, 6.45) is 0.997. The summed E-state index contributed by atoms with van der Waals surface area (Å²) < 4.78 is 9.11. The molecule has 2 N–H and O–H groups in total. The van der Waals surface area contributed by atoms with E-state index in [9.17, 15) is 9.59 Å². The number of benzene rings is 1. The first-order chi connectivity index (χ1) is 8.62. The molecule has 96 valence electrons. The molecule has 0 amide bonds. The Morgan fingerprint density at radius 3 is 2.06 bits per heavy atom. The number of hydrogen-bond acceptors (Lipinski definition) is 6. The average Bonchev–Trinajstić information content (AvgIpc) is 2.42. The van der Waals surface area contributed by atoms with Crippen LogP contribution in [0.3, 0.4) is 0 Å². The first-order valence-corrected chi connectivity index (χ1v) is 4.86. The van der Waals surface area contributed by atoms with E-state index in [4.69, 9.17) is 5.21 Å². The lowest BCUT2D eigenvalue weighted by Crippen LogP contribution is -2.06. The lowest BCUT2D eigenvalue weighted by atomic mass is 10.1. The molecule has 7 heteroatoms. The summed E-state index contributed by atoms with van der Waals surface area (Å²) in [7, 11) is 2.46. The minimum Gasteiger partial charge on any atom is -0.465 e. The van der Waals surface area contributed by atoms with Crippen molar-refractivity contribution in [2.75, 3.05) is 14.2 Å². The number of hydroxylamine groups is 1. The van der Waals surface area contributed by atoms with Gasteiger partial charge in [0.25, 0.3) is 0 Å². The Bertz CT molecular complexity index is 450. The van der Waals surface area contributed by atoms with Crippen molar-refractivity contribution in [3.8, 4) is 0 Å². The fourth-order valence-electron chi connectivity index (χ4n) is 1.26. The van der Waals surface area contributed by atoms with E-state index < -0.39 is 11.9 Å². The van der Waals surface area contributed by atoms with Crippen molar-refractivity contribution in [1.82, 2.24) is 5.48 Å². The Balaban J connectivity index is 3.23. The number of hydrogen-bond donors (Lipinski definition) is 2. The van der Waals surface area contributed by atoms with Crippen molar-refractivity contribution in [3.05, 3.63) is 29.3 Å². The van der Waals surface area contributed by atoms with Crippen molar-refractivity contribution in [1.29, 1.82) is 0 Å². The van der Waals surface area contributed by atoms with Gasteiger partial charge in [0.15, 0.2) is 0 Å². The molecule has 0 radical (unpaired) electrons. The molecule has 0 bridgehead atoms. The number of aliphatic imine (C=N–C) groups is 1. The number of ether oxygens (including phenoxy) is 2. The SMILES string of the molecule is COC(=O)c1cc(N=CNO)cc(C(=O)OC)c1. The third-order valence-corrected chi connectivity index (χ3v) is 2.03. The van der Waals surface area contributed by atoms with Crippen molar-refractivity contribution >= 4 is 24.0 Å². The molecule has 0 saturated heterocycles. The molecule has 1 aromatic rings.